The molecule has 0 bridgehead atoms. The average molecular weight is 387 g/mol. The molecule has 0 aliphatic carbocycles. The van der Waals surface area contributed by atoms with E-state index >= 15 is 0 Å². The van der Waals surface area contributed by atoms with E-state index in [1.54, 1.807) is 13.8 Å². The highest BCUT2D eigenvalue weighted by Gasteiger charge is 2.58. The molecular weight excluding hydrogens is 366 g/mol. The summed E-state index contributed by atoms with van der Waals surface area (Å²) in [6.07, 6.45) is 0. The lowest BCUT2D eigenvalue weighted by atomic mass is 9.62. The second kappa shape index (κ2) is 7.31. The van der Waals surface area contributed by atoms with Crippen LogP contribution in [0.4, 0.5) is 5.69 Å². The number of nitro groups is 1. The Morgan fingerprint density at radius 2 is 1.96 bits per heavy atom. The molecule has 0 aromatic heterocycles. The Hall–Kier alpha value is -3.41. The highest BCUT2D eigenvalue weighted by Crippen LogP contribution is 2.51. The highest BCUT2D eigenvalue weighted by molar-refractivity contribution is 5.93. The van der Waals surface area contributed by atoms with E-state index in [2.05, 4.69) is 0 Å². The molecule has 1 aromatic rings. The summed E-state index contributed by atoms with van der Waals surface area (Å²) >= 11 is 0. The maximum Gasteiger partial charge on any atom is 0.333 e. The molecule has 0 saturated carbocycles. The van der Waals surface area contributed by atoms with Gasteiger partial charge in [0, 0.05) is 29.8 Å². The van der Waals surface area contributed by atoms with E-state index in [-0.39, 0.29) is 28.6 Å². The van der Waals surface area contributed by atoms with Gasteiger partial charge in [-0.05, 0) is 33.3 Å². The zero-order valence-corrected chi connectivity index (χ0v) is 15.9. The molecule has 3 atom stereocenters. The topological polar surface area (TPSA) is 145 Å². The largest absolute Gasteiger partial charge is 0.481 e. The fourth-order valence-corrected chi connectivity index (χ4v) is 4.02. The number of carboxylic acids is 2. The Balaban J connectivity index is 2.94. The van der Waals surface area contributed by atoms with E-state index < -0.39 is 34.2 Å². The number of nitriles is 1. The first-order valence-electron chi connectivity index (χ1n) is 8.58. The van der Waals surface area contributed by atoms with Crippen LogP contribution in [-0.4, -0.2) is 44.1 Å². The molecule has 0 fully saturated rings. The van der Waals surface area contributed by atoms with E-state index in [9.17, 15) is 35.2 Å². The summed E-state index contributed by atoms with van der Waals surface area (Å²) in [6, 6.07) is 5.76. The van der Waals surface area contributed by atoms with Crippen molar-refractivity contribution in [2.45, 2.75) is 45.7 Å². The van der Waals surface area contributed by atoms with Crippen LogP contribution in [0.2, 0.25) is 0 Å². The molecule has 0 saturated heterocycles. The minimum absolute atomic E-state index is 0.166. The van der Waals surface area contributed by atoms with Gasteiger partial charge in [0.15, 0.2) is 0 Å². The fraction of sp³-hybridized carbons (Fsp3) is 0.421. The van der Waals surface area contributed by atoms with Crippen LogP contribution in [-0.2, 0) is 9.59 Å². The fourth-order valence-electron chi connectivity index (χ4n) is 4.02. The number of non-ortho nitro benzene ring substituents is 1. The lowest BCUT2D eigenvalue weighted by Gasteiger charge is -2.50. The van der Waals surface area contributed by atoms with Crippen LogP contribution < -0.4 is 0 Å². The molecule has 1 aliphatic rings. The summed E-state index contributed by atoms with van der Waals surface area (Å²) in [6.45, 7) is 6.32. The van der Waals surface area contributed by atoms with Gasteiger partial charge < -0.3 is 15.1 Å². The quantitative estimate of drug-likeness (QED) is 0.579. The number of allylic oxidation sites excluding steroid dienone is 1. The van der Waals surface area contributed by atoms with Gasteiger partial charge in [0.25, 0.3) is 5.69 Å². The zero-order valence-electron chi connectivity index (χ0n) is 15.9. The predicted molar refractivity (Wildman–Crippen MR) is 98.3 cm³/mol. The van der Waals surface area contributed by atoms with Crippen molar-refractivity contribution in [3.8, 4) is 6.07 Å². The molecule has 3 unspecified atom stereocenters. The third-order valence-corrected chi connectivity index (χ3v) is 5.30. The van der Waals surface area contributed by atoms with Gasteiger partial charge in [-0.1, -0.05) is 12.1 Å². The molecule has 1 heterocycles. The third-order valence-electron chi connectivity index (χ3n) is 5.30. The van der Waals surface area contributed by atoms with Crippen molar-refractivity contribution in [3.05, 3.63) is 51.2 Å². The molecule has 0 spiro atoms. The molecule has 9 heteroatoms. The predicted octanol–water partition coefficient (Wildman–Crippen LogP) is 2.74. The molecule has 0 radical (unpaired) electrons. The van der Waals surface area contributed by atoms with Gasteiger partial charge in [-0.3, -0.25) is 14.9 Å². The first kappa shape index (κ1) is 20.9. The smallest absolute Gasteiger partial charge is 0.333 e. The van der Waals surface area contributed by atoms with Crippen LogP contribution in [0.25, 0.3) is 0 Å². The van der Waals surface area contributed by atoms with Crippen LogP contribution in [0.5, 0.6) is 0 Å². The monoisotopic (exact) mass is 387 g/mol. The van der Waals surface area contributed by atoms with E-state index in [1.165, 1.54) is 43.0 Å². The average Bonchev–Trinajstić information content (AvgIpc) is 2.61. The third kappa shape index (κ3) is 3.07. The standard InChI is InChI=1S/C19H21N3O6/c1-10(2)21-11(3)15(17(23)24)16(19(4,18(25)26)14(21)9-20)12-6-5-7-13(8-12)22(27)28/h5-8,10,14,16H,1-4H3,(H,23,24)(H,25,26). The van der Waals surface area contributed by atoms with Gasteiger partial charge in [0.2, 0.25) is 0 Å². The van der Waals surface area contributed by atoms with E-state index in [1.807, 2.05) is 6.07 Å². The van der Waals surface area contributed by atoms with Crippen molar-refractivity contribution < 1.29 is 24.7 Å². The van der Waals surface area contributed by atoms with E-state index in [4.69, 9.17) is 0 Å². The molecular formula is C19H21N3O6. The maximum atomic E-state index is 12.4. The number of aliphatic carboxylic acids is 2. The van der Waals surface area contributed by atoms with Crippen molar-refractivity contribution >= 4 is 17.6 Å². The van der Waals surface area contributed by atoms with Crippen molar-refractivity contribution in [2.75, 3.05) is 0 Å². The van der Waals surface area contributed by atoms with Crippen molar-refractivity contribution in [1.82, 2.24) is 4.90 Å². The lowest BCUT2D eigenvalue weighted by molar-refractivity contribution is -0.384. The Bertz CT molecular complexity index is 916. The van der Waals surface area contributed by atoms with Crippen LogP contribution in [0.3, 0.4) is 0 Å². The van der Waals surface area contributed by atoms with Gasteiger partial charge in [-0.2, -0.15) is 5.26 Å². The summed E-state index contributed by atoms with van der Waals surface area (Å²) in [5.41, 5.74) is -1.89. The number of carbonyl (C=O) groups is 2. The summed E-state index contributed by atoms with van der Waals surface area (Å²) in [4.78, 5) is 36.5. The molecule has 1 aromatic carbocycles. The van der Waals surface area contributed by atoms with Crippen molar-refractivity contribution in [2.24, 2.45) is 5.41 Å². The van der Waals surface area contributed by atoms with Crippen molar-refractivity contribution in [1.29, 1.82) is 5.26 Å². The summed E-state index contributed by atoms with van der Waals surface area (Å²) < 4.78 is 0. The van der Waals surface area contributed by atoms with Crippen LogP contribution >= 0.6 is 0 Å². The minimum Gasteiger partial charge on any atom is -0.481 e. The van der Waals surface area contributed by atoms with Gasteiger partial charge in [-0.15, -0.1) is 0 Å². The van der Waals surface area contributed by atoms with Crippen LogP contribution in [0.15, 0.2) is 35.5 Å². The molecule has 2 rings (SSSR count). The Labute approximate surface area is 161 Å². The minimum atomic E-state index is -1.85. The van der Waals surface area contributed by atoms with Gasteiger partial charge in [0.1, 0.15) is 11.5 Å². The molecule has 0 amide bonds. The number of carboxylic acid groups (broad SMARTS) is 2. The Kier molecular flexibility index (Phi) is 5.45. The number of benzene rings is 1. The number of nitro benzene ring substituents is 1. The molecule has 2 N–H and O–H groups in total. The SMILES string of the molecule is CC1=C(C(=O)O)C(c2cccc([N+](=O)[O-])c2)C(C)(C(=O)O)C(C#N)N1C(C)C. The molecule has 1 aliphatic heterocycles. The highest BCUT2D eigenvalue weighted by atomic mass is 16.6. The van der Waals surface area contributed by atoms with E-state index in [0.29, 0.717) is 0 Å². The molecule has 9 nitrogen and oxygen atoms in total. The first-order valence-corrected chi connectivity index (χ1v) is 8.58. The lowest BCUT2D eigenvalue weighted by Crippen LogP contribution is -2.58. The van der Waals surface area contributed by atoms with Gasteiger partial charge >= 0.3 is 11.9 Å². The summed E-state index contributed by atoms with van der Waals surface area (Å²) in [5, 5.41) is 40.9. The Morgan fingerprint density at radius 3 is 2.39 bits per heavy atom. The number of rotatable bonds is 5. The normalized spacial score (nSPS) is 24.8. The summed E-state index contributed by atoms with van der Waals surface area (Å²) in [7, 11) is 0. The Morgan fingerprint density at radius 1 is 1.36 bits per heavy atom. The zero-order chi connectivity index (χ0) is 21.4. The molecule has 148 valence electrons. The second-order valence-electron chi connectivity index (χ2n) is 7.21. The maximum absolute atomic E-state index is 12.4. The number of hydrogen-bond acceptors (Lipinski definition) is 6. The first-order chi connectivity index (χ1) is 13.0. The van der Waals surface area contributed by atoms with Crippen LogP contribution in [0.1, 0.15) is 39.2 Å². The second-order valence-corrected chi connectivity index (χ2v) is 7.21. The van der Waals surface area contributed by atoms with Crippen LogP contribution in [0, 0.1) is 26.9 Å². The van der Waals surface area contributed by atoms with Gasteiger partial charge in [0.05, 0.1) is 16.6 Å². The van der Waals surface area contributed by atoms with Crippen molar-refractivity contribution in [3.63, 3.8) is 0 Å². The molecule has 28 heavy (non-hydrogen) atoms. The van der Waals surface area contributed by atoms with Gasteiger partial charge in [-0.25, -0.2) is 4.79 Å². The summed E-state index contributed by atoms with van der Waals surface area (Å²) in [5.74, 6) is -3.93. The number of nitrogens with zero attached hydrogens (tertiary/aromatic N) is 3. The van der Waals surface area contributed by atoms with E-state index in [0.717, 1.165) is 0 Å². The number of hydrogen-bond donors (Lipinski definition) is 2.